The van der Waals surface area contributed by atoms with Gasteiger partial charge in [-0.15, -0.1) is 0 Å². The van der Waals surface area contributed by atoms with Crippen molar-refractivity contribution in [2.24, 2.45) is 0 Å². The van der Waals surface area contributed by atoms with Crippen molar-refractivity contribution < 1.29 is 17.8 Å². The van der Waals surface area contributed by atoms with Crippen molar-refractivity contribution in [3.8, 4) is 0 Å². The van der Waals surface area contributed by atoms with Crippen molar-refractivity contribution in [3.63, 3.8) is 0 Å². The van der Waals surface area contributed by atoms with Crippen LogP contribution >= 0.6 is 0 Å². The molecule has 0 saturated heterocycles. The zero-order valence-corrected chi connectivity index (χ0v) is 14.3. The summed E-state index contributed by atoms with van der Waals surface area (Å²) in [5.41, 5.74) is 0. The van der Waals surface area contributed by atoms with Gasteiger partial charge in [-0.2, -0.15) is 8.42 Å². The first kappa shape index (κ1) is 22.4. The summed E-state index contributed by atoms with van der Waals surface area (Å²) in [6.07, 6.45) is 13.9. The highest BCUT2D eigenvalue weighted by atomic mass is 32.2. The molecule has 126 valence electrons. The quantitative estimate of drug-likeness (QED) is 0.347. The molecular formula is C15H31NO4S. The lowest BCUT2D eigenvalue weighted by molar-refractivity contribution is -0.116. The van der Waals surface area contributed by atoms with E-state index in [1.807, 2.05) is 0 Å². The van der Waals surface area contributed by atoms with Crippen LogP contribution in [0, 0.1) is 0 Å². The molecule has 0 saturated carbocycles. The highest BCUT2D eigenvalue weighted by molar-refractivity contribution is 7.85. The van der Waals surface area contributed by atoms with E-state index in [0.29, 0.717) is 6.26 Å². The summed E-state index contributed by atoms with van der Waals surface area (Å²) in [4.78, 5) is 10.8. The average molecular weight is 321 g/mol. The highest BCUT2D eigenvalue weighted by Crippen LogP contribution is 2.09. The van der Waals surface area contributed by atoms with Crippen molar-refractivity contribution in [2.75, 3.05) is 12.8 Å². The minimum atomic E-state index is -3.67. The third kappa shape index (κ3) is 32.6. The number of nitrogens with one attached hydrogen (secondary N) is 1. The summed E-state index contributed by atoms with van der Waals surface area (Å²) in [6.45, 7) is 6.45. The smallest absolute Gasteiger partial charge is 0.261 e. The number of rotatable bonds is 11. The second-order valence-corrected chi connectivity index (χ2v) is 6.52. The number of hydrogen-bond acceptors (Lipinski definition) is 3. The number of carbonyl (C=O) groups is 1. The van der Waals surface area contributed by atoms with Gasteiger partial charge in [0.1, 0.15) is 0 Å². The Hall–Kier alpha value is -0.880. The van der Waals surface area contributed by atoms with Gasteiger partial charge < -0.3 is 5.32 Å². The molecule has 6 heteroatoms. The number of hydrogen-bond donors (Lipinski definition) is 2. The first-order valence-corrected chi connectivity index (χ1v) is 9.48. The van der Waals surface area contributed by atoms with Gasteiger partial charge >= 0.3 is 0 Å². The normalized spacial score (nSPS) is 10.4. The maximum absolute atomic E-state index is 10.8. The minimum absolute atomic E-state index is 0.0560. The molecule has 21 heavy (non-hydrogen) atoms. The Kier molecular flexibility index (Phi) is 16.5. The van der Waals surface area contributed by atoms with Crippen molar-refractivity contribution in [1.29, 1.82) is 0 Å². The molecule has 0 heterocycles. The van der Waals surface area contributed by atoms with Crippen LogP contribution < -0.4 is 5.32 Å². The van der Waals surface area contributed by atoms with Crippen molar-refractivity contribution in [3.05, 3.63) is 12.7 Å². The molecule has 5 nitrogen and oxygen atoms in total. The van der Waals surface area contributed by atoms with Crippen LogP contribution in [-0.2, 0) is 14.9 Å². The largest absolute Gasteiger partial charge is 0.353 e. The van der Waals surface area contributed by atoms with Gasteiger partial charge in [0, 0.05) is 6.54 Å². The molecule has 0 aliphatic carbocycles. The SMILES string of the molecule is C=CC(=O)NCCCCCCCCCCC.CS(=O)(=O)O. The molecule has 0 unspecified atom stereocenters. The predicted molar refractivity (Wildman–Crippen MR) is 87.9 cm³/mol. The second kappa shape index (κ2) is 15.5. The summed E-state index contributed by atoms with van der Waals surface area (Å²) in [5.74, 6) is -0.0560. The summed E-state index contributed by atoms with van der Waals surface area (Å²) in [7, 11) is -3.67. The average Bonchev–Trinajstić information content (AvgIpc) is 2.38. The fourth-order valence-electron chi connectivity index (χ4n) is 1.72. The van der Waals surface area contributed by atoms with Gasteiger partial charge in [0.2, 0.25) is 5.91 Å². The van der Waals surface area contributed by atoms with Crippen molar-refractivity contribution in [1.82, 2.24) is 5.32 Å². The summed E-state index contributed by atoms with van der Waals surface area (Å²) >= 11 is 0. The molecule has 0 atom stereocenters. The molecule has 0 aromatic rings. The third-order valence-corrected chi connectivity index (χ3v) is 2.76. The van der Waals surface area contributed by atoms with E-state index in [9.17, 15) is 13.2 Å². The molecule has 0 aliphatic heterocycles. The van der Waals surface area contributed by atoms with Gasteiger partial charge in [-0.25, -0.2) is 0 Å². The molecule has 0 aromatic heterocycles. The van der Waals surface area contributed by atoms with E-state index >= 15 is 0 Å². The molecule has 2 N–H and O–H groups in total. The van der Waals surface area contributed by atoms with Gasteiger partial charge in [0.05, 0.1) is 6.26 Å². The summed E-state index contributed by atoms with van der Waals surface area (Å²) in [5, 5.41) is 2.79. The van der Waals surface area contributed by atoms with Crippen LogP contribution in [0.2, 0.25) is 0 Å². The molecule has 0 fully saturated rings. The molecule has 0 radical (unpaired) electrons. The Bertz CT molecular complexity index is 345. The van der Waals surface area contributed by atoms with E-state index < -0.39 is 10.1 Å². The fraction of sp³-hybridized carbons (Fsp3) is 0.800. The first-order valence-electron chi connectivity index (χ1n) is 7.64. The Morgan fingerprint density at radius 1 is 1.05 bits per heavy atom. The van der Waals surface area contributed by atoms with Gasteiger partial charge in [-0.1, -0.05) is 64.9 Å². The van der Waals surface area contributed by atoms with Crippen LogP contribution in [0.5, 0.6) is 0 Å². The molecule has 0 aliphatic rings. The Morgan fingerprint density at radius 3 is 1.81 bits per heavy atom. The van der Waals surface area contributed by atoms with E-state index in [4.69, 9.17) is 4.55 Å². The monoisotopic (exact) mass is 321 g/mol. The maximum Gasteiger partial charge on any atom is 0.261 e. The van der Waals surface area contributed by atoms with Crippen molar-refractivity contribution >= 4 is 16.0 Å². The van der Waals surface area contributed by atoms with Crippen LogP contribution in [0.25, 0.3) is 0 Å². The number of amides is 1. The lowest BCUT2D eigenvalue weighted by Gasteiger charge is -2.02. The summed E-state index contributed by atoms with van der Waals surface area (Å²) in [6, 6.07) is 0. The van der Waals surface area contributed by atoms with E-state index in [2.05, 4.69) is 18.8 Å². The molecule has 0 rings (SSSR count). The molecular weight excluding hydrogens is 290 g/mol. The maximum atomic E-state index is 10.8. The zero-order chi connectivity index (χ0) is 16.6. The van der Waals surface area contributed by atoms with Gasteiger partial charge in [-0.05, 0) is 12.5 Å². The van der Waals surface area contributed by atoms with Crippen LogP contribution in [0.1, 0.15) is 64.7 Å². The molecule has 1 amide bonds. The van der Waals surface area contributed by atoms with Crippen LogP contribution in [0.3, 0.4) is 0 Å². The van der Waals surface area contributed by atoms with E-state index in [1.165, 1.54) is 57.4 Å². The Balaban J connectivity index is 0. The highest BCUT2D eigenvalue weighted by Gasteiger charge is 1.94. The van der Waals surface area contributed by atoms with Crippen molar-refractivity contribution in [2.45, 2.75) is 64.7 Å². The predicted octanol–water partition coefficient (Wildman–Crippen LogP) is 3.32. The van der Waals surface area contributed by atoms with E-state index in [1.54, 1.807) is 0 Å². The summed E-state index contributed by atoms with van der Waals surface area (Å²) < 4.78 is 25.9. The van der Waals surface area contributed by atoms with E-state index in [-0.39, 0.29) is 5.91 Å². The lowest BCUT2D eigenvalue weighted by Crippen LogP contribution is -2.21. The number of carbonyl (C=O) groups excluding carboxylic acids is 1. The Morgan fingerprint density at radius 2 is 1.43 bits per heavy atom. The van der Waals surface area contributed by atoms with Crippen LogP contribution in [-0.4, -0.2) is 31.7 Å². The molecule has 0 bridgehead atoms. The second-order valence-electron chi connectivity index (χ2n) is 5.06. The van der Waals surface area contributed by atoms with Gasteiger partial charge in [0.25, 0.3) is 10.1 Å². The zero-order valence-electron chi connectivity index (χ0n) is 13.4. The van der Waals surface area contributed by atoms with Crippen LogP contribution in [0.15, 0.2) is 12.7 Å². The topological polar surface area (TPSA) is 83.5 Å². The fourth-order valence-corrected chi connectivity index (χ4v) is 1.72. The molecule has 0 aromatic carbocycles. The lowest BCUT2D eigenvalue weighted by atomic mass is 10.1. The number of unbranched alkanes of at least 4 members (excludes halogenated alkanes) is 8. The van der Waals surface area contributed by atoms with Gasteiger partial charge in [0.15, 0.2) is 0 Å². The Labute approximate surface area is 130 Å². The first-order chi connectivity index (χ1) is 9.81. The third-order valence-electron chi connectivity index (χ3n) is 2.76. The standard InChI is InChI=1S/C14H27NO.CH4O3S/c1-3-5-6-7-8-9-10-11-12-13-15-14(16)4-2;1-5(2,3)4/h4H,2-3,5-13H2,1H3,(H,15,16);1H3,(H,2,3,4). The van der Waals surface area contributed by atoms with Gasteiger partial charge in [-0.3, -0.25) is 9.35 Å². The minimum Gasteiger partial charge on any atom is -0.353 e. The molecule has 0 spiro atoms. The van der Waals surface area contributed by atoms with E-state index in [0.717, 1.165) is 13.0 Å². The van der Waals surface area contributed by atoms with Crippen LogP contribution in [0.4, 0.5) is 0 Å².